The van der Waals surface area contributed by atoms with Crippen LogP contribution in [0.25, 0.3) is 0 Å². The summed E-state index contributed by atoms with van der Waals surface area (Å²) in [6.45, 7) is 7.20. The molecule has 0 radical (unpaired) electrons. The molecule has 0 amide bonds. The summed E-state index contributed by atoms with van der Waals surface area (Å²) in [6, 6.07) is 0. The van der Waals surface area contributed by atoms with E-state index in [2.05, 4.69) is 57.2 Å². The van der Waals surface area contributed by atoms with E-state index in [4.69, 9.17) is 33.9 Å². The van der Waals surface area contributed by atoms with E-state index in [1.807, 2.05) is 0 Å². The minimum atomic E-state index is -0.781. The monoisotopic (exact) mass is 1030 g/mol. The standard InChI is InChI=1S/C57H104O6.C6H10O4/c1-4-7-10-13-16-19-22-25-28-31-34-37-40-43-46-49-55(58)61-52-54(63-57(60)51-48-45-42-39-36-33-30-27-24-21-18-15-12-9-6-3)53-62-56(59)50-47-44-41-38-35-32-29-26-23-20-17-14-11-8-5-2;7-3-1-9-6-4(8)2-10-5(3)6/h25-30,54H,4-24,31-53H2,1-3H3;3-8H,1-2H2/b28-25-,29-26-,30-27-;/t;3-,4+,5?,6?. The highest BCUT2D eigenvalue weighted by Crippen LogP contribution is 2.26. The summed E-state index contributed by atoms with van der Waals surface area (Å²) < 4.78 is 27.0. The zero-order valence-corrected chi connectivity index (χ0v) is 47.5. The minimum Gasteiger partial charge on any atom is -0.462 e. The molecule has 0 saturated carbocycles. The van der Waals surface area contributed by atoms with Crippen LogP contribution < -0.4 is 0 Å². The van der Waals surface area contributed by atoms with E-state index in [1.54, 1.807) is 0 Å². The van der Waals surface area contributed by atoms with Crippen molar-refractivity contribution in [1.29, 1.82) is 0 Å². The number of aliphatic hydroxyl groups excluding tert-OH is 2. The van der Waals surface area contributed by atoms with Crippen LogP contribution in [0.15, 0.2) is 36.5 Å². The number of allylic oxidation sites excluding steroid dienone is 6. The van der Waals surface area contributed by atoms with Gasteiger partial charge in [0.25, 0.3) is 0 Å². The van der Waals surface area contributed by atoms with Gasteiger partial charge in [-0.25, -0.2) is 0 Å². The highest BCUT2D eigenvalue weighted by molar-refractivity contribution is 5.71. The second-order valence-corrected chi connectivity index (χ2v) is 21.2. The van der Waals surface area contributed by atoms with Crippen molar-refractivity contribution in [3.63, 3.8) is 0 Å². The lowest BCUT2D eigenvalue weighted by atomic mass is 10.1. The maximum absolute atomic E-state index is 12.8. The molecule has 2 saturated heterocycles. The van der Waals surface area contributed by atoms with Gasteiger partial charge in [0.15, 0.2) is 6.10 Å². The minimum absolute atomic E-state index is 0.0806. The number of ether oxygens (including phenoxy) is 5. The number of fused-ring (bicyclic) bond motifs is 1. The summed E-state index contributed by atoms with van der Waals surface area (Å²) in [7, 11) is 0. The Hall–Kier alpha value is -2.53. The van der Waals surface area contributed by atoms with E-state index in [9.17, 15) is 14.4 Å². The van der Waals surface area contributed by atoms with Crippen molar-refractivity contribution in [3.05, 3.63) is 36.5 Å². The van der Waals surface area contributed by atoms with Crippen molar-refractivity contribution in [2.24, 2.45) is 0 Å². The molecule has 2 aliphatic heterocycles. The van der Waals surface area contributed by atoms with E-state index in [-0.39, 0.29) is 56.5 Å². The Kier molecular flexibility index (Phi) is 49.6. The van der Waals surface area contributed by atoms with E-state index in [0.717, 1.165) is 77.0 Å². The molecule has 2 N–H and O–H groups in total. The van der Waals surface area contributed by atoms with Crippen LogP contribution in [0.4, 0.5) is 0 Å². The van der Waals surface area contributed by atoms with Crippen molar-refractivity contribution >= 4 is 17.9 Å². The molecular formula is C63H114O10. The first-order valence-corrected chi connectivity index (χ1v) is 30.9. The van der Waals surface area contributed by atoms with E-state index in [1.165, 1.54) is 173 Å². The topological polar surface area (TPSA) is 138 Å². The van der Waals surface area contributed by atoms with Crippen LogP contribution in [0, 0.1) is 0 Å². The first kappa shape index (κ1) is 68.5. The predicted octanol–water partition coefficient (Wildman–Crippen LogP) is 16.6. The zero-order valence-electron chi connectivity index (χ0n) is 47.5. The van der Waals surface area contributed by atoms with Gasteiger partial charge in [-0.15, -0.1) is 0 Å². The molecule has 0 spiro atoms. The van der Waals surface area contributed by atoms with E-state index in [0.29, 0.717) is 19.3 Å². The second kappa shape index (κ2) is 52.9. The molecule has 426 valence electrons. The Morgan fingerprint density at radius 2 is 0.630 bits per heavy atom. The molecule has 2 heterocycles. The lowest BCUT2D eigenvalue weighted by Crippen LogP contribution is -2.30. The highest BCUT2D eigenvalue weighted by Gasteiger charge is 2.46. The quantitative estimate of drug-likeness (QED) is 0.0262. The van der Waals surface area contributed by atoms with Crippen LogP contribution >= 0.6 is 0 Å². The number of rotatable bonds is 50. The summed E-state index contributed by atoms with van der Waals surface area (Å²) in [5.74, 6) is -0.893. The molecule has 0 bridgehead atoms. The molecule has 2 unspecified atom stereocenters. The van der Waals surface area contributed by atoms with Gasteiger partial charge < -0.3 is 33.9 Å². The van der Waals surface area contributed by atoms with Gasteiger partial charge in [-0.3, -0.25) is 14.4 Å². The van der Waals surface area contributed by atoms with Gasteiger partial charge in [-0.1, -0.05) is 211 Å². The largest absolute Gasteiger partial charge is 0.462 e. The highest BCUT2D eigenvalue weighted by atomic mass is 16.6. The molecule has 10 nitrogen and oxygen atoms in total. The fourth-order valence-electron chi connectivity index (χ4n) is 9.36. The maximum Gasteiger partial charge on any atom is 0.306 e. The Morgan fingerprint density at radius 1 is 0.384 bits per heavy atom. The normalized spacial score (nSPS) is 17.5. The number of hydrogen-bond donors (Lipinski definition) is 2. The van der Waals surface area contributed by atoms with Crippen molar-refractivity contribution in [3.8, 4) is 0 Å². The number of esters is 3. The number of aliphatic hydroxyl groups is 2. The molecule has 0 aliphatic carbocycles. The van der Waals surface area contributed by atoms with Gasteiger partial charge in [0, 0.05) is 19.3 Å². The van der Waals surface area contributed by atoms with Crippen LogP contribution in [0.3, 0.4) is 0 Å². The van der Waals surface area contributed by atoms with Crippen molar-refractivity contribution < 1.29 is 48.3 Å². The average Bonchev–Trinajstić information content (AvgIpc) is 3.96. The molecule has 2 aliphatic rings. The van der Waals surface area contributed by atoms with Crippen LogP contribution in [0.5, 0.6) is 0 Å². The smallest absolute Gasteiger partial charge is 0.306 e. The SMILES string of the molecule is CCCCCCCC/C=C\CCCCCCCC(=O)OCC(COC(=O)CCCCCCC/C=C\CCCCCCCC)OC(=O)CCCCCCC/C=C\CCCCCCCC.O[C@@H]1COC2C1OC[C@@H]2O. The fourth-order valence-corrected chi connectivity index (χ4v) is 9.36. The van der Waals surface area contributed by atoms with Gasteiger partial charge >= 0.3 is 17.9 Å². The first-order chi connectivity index (χ1) is 35.8. The van der Waals surface area contributed by atoms with Gasteiger partial charge in [-0.05, 0) is 96.3 Å². The molecule has 2 rings (SSSR count). The van der Waals surface area contributed by atoms with Crippen LogP contribution in [-0.4, -0.2) is 85.1 Å². The fraction of sp³-hybridized carbons (Fsp3) is 0.857. The van der Waals surface area contributed by atoms with Crippen molar-refractivity contribution in [2.45, 2.75) is 321 Å². The molecule has 0 aromatic rings. The number of hydrogen-bond acceptors (Lipinski definition) is 10. The summed E-state index contributed by atoms with van der Waals surface area (Å²) in [5, 5.41) is 18.3. The molecule has 0 aromatic heterocycles. The summed E-state index contributed by atoms with van der Waals surface area (Å²) in [4.78, 5) is 38.0. The number of unbranched alkanes of at least 4 members (excludes halogenated alkanes) is 33. The molecule has 73 heavy (non-hydrogen) atoms. The third-order valence-electron chi connectivity index (χ3n) is 14.1. The van der Waals surface area contributed by atoms with Gasteiger partial charge in [0.1, 0.15) is 37.6 Å². The lowest BCUT2D eigenvalue weighted by molar-refractivity contribution is -0.167. The zero-order chi connectivity index (χ0) is 52.9. The molecule has 10 heteroatoms. The van der Waals surface area contributed by atoms with Crippen molar-refractivity contribution in [2.75, 3.05) is 26.4 Å². The summed E-state index contributed by atoms with van der Waals surface area (Å²) in [5.41, 5.74) is 0. The predicted molar refractivity (Wildman–Crippen MR) is 302 cm³/mol. The second-order valence-electron chi connectivity index (χ2n) is 21.2. The van der Waals surface area contributed by atoms with E-state index < -0.39 is 18.3 Å². The maximum atomic E-state index is 12.8. The average molecular weight is 1030 g/mol. The Labute approximate surface area is 448 Å². The van der Waals surface area contributed by atoms with E-state index >= 15 is 0 Å². The Morgan fingerprint density at radius 3 is 0.918 bits per heavy atom. The summed E-state index contributed by atoms with van der Waals surface area (Å²) in [6.07, 6.45) is 59.5. The van der Waals surface area contributed by atoms with Crippen molar-refractivity contribution in [1.82, 2.24) is 0 Å². The Bertz CT molecular complexity index is 1260. The summed E-state index contributed by atoms with van der Waals surface area (Å²) >= 11 is 0. The molecule has 4 atom stereocenters. The third-order valence-corrected chi connectivity index (χ3v) is 14.1. The third kappa shape index (κ3) is 44.3. The Balaban J connectivity index is 0.00000233. The number of carbonyl (C=O) groups is 3. The van der Waals surface area contributed by atoms with Crippen LogP contribution in [0.2, 0.25) is 0 Å². The van der Waals surface area contributed by atoms with Gasteiger partial charge in [0.05, 0.1) is 13.2 Å². The molecule has 2 fully saturated rings. The molecular weight excluding hydrogens is 917 g/mol. The van der Waals surface area contributed by atoms with Gasteiger partial charge in [-0.2, -0.15) is 0 Å². The lowest BCUT2D eigenvalue weighted by Gasteiger charge is -2.18. The van der Waals surface area contributed by atoms with Crippen LogP contribution in [0.1, 0.15) is 290 Å². The molecule has 0 aromatic carbocycles. The number of carbonyl (C=O) groups excluding carboxylic acids is 3. The first-order valence-electron chi connectivity index (χ1n) is 30.9. The van der Waals surface area contributed by atoms with Crippen LogP contribution in [-0.2, 0) is 38.1 Å². The van der Waals surface area contributed by atoms with Gasteiger partial charge in [0.2, 0.25) is 0 Å².